The van der Waals surface area contributed by atoms with Crippen molar-refractivity contribution in [2.75, 3.05) is 11.9 Å². The van der Waals surface area contributed by atoms with Crippen LogP contribution in [0.2, 0.25) is 0 Å². The van der Waals surface area contributed by atoms with Crippen molar-refractivity contribution in [2.24, 2.45) is 13.0 Å². The first-order valence-corrected chi connectivity index (χ1v) is 9.29. The summed E-state index contributed by atoms with van der Waals surface area (Å²) in [6.07, 6.45) is 9.14. The van der Waals surface area contributed by atoms with Gasteiger partial charge in [0.25, 0.3) is 0 Å². The van der Waals surface area contributed by atoms with Crippen molar-refractivity contribution in [3.63, 3.8) is 0 Å². The summed E-state index contributed by atoms with van der Waals surface area (Å²) in [5.74, 6) is 2.83. The first-order valence-electron chi connectivity index (χ1n) is 9.29. The Balaban J connectivity index is 1.30. The number of anilines is 1. The van der Waals surface area contributed by atoms with E-state index in [1.807, 2.05) is 22.3 Å². The lowest BCUT2D eigenvalue weighted by molar-refractivity contribution is 0.137. The molecular formula is C18H23N7O. The highest BCUT2D eigenvalue weighted by Gasteiger charge is 2.36. The lowest BCUT2D eigenvalue weighted by Crippen LogP contribution is -2.22. The average Bonchev–Trinajstić information content (AvgIpc) is 3.07. The molecule has 0 unspecified atom stereocenters. The van der Waals surface area contributed by atoms with Gasteiger partial charge in [-0.15, -0.1) is 10.2 Å². The first kappa shape index (κ1) is 15.7. The summed E-state index contributed by atoms with van der Waals surface area (Å²) < 4.78 is 3.84. The number of fused-ring (bicyclic) bond motifs is 1. The number of nitrogens with one attached hydrogen (secondary N) is 1. The van der Waals surface area contributed by atoms with Gasteiger partial charge < -0.3 is 15.0 Å². The second-order valence-electron chi connectivity index (χ2n) is 7.63. The molecule has 2 aliphatic rings. The van der Waals surface area contributed by atoms with Gasteiger partial charge in [0.1, 0.15) is 17.7 Å². The summed E-state index contributed by atoms with van der Waals surface area (Å²) in [4.78, 5) is 4.49. The quantitative estimate of drug-likeness (QED) is 0.725. The summed E-state index contributed by atoms with van der Waals surface area (Å²) in [5, 5.41) is 26.8. The van der Waals surface area contributed by atoms with E-state index in [-0.39, 0.29) is 17.9 Å². The number of hydrogen-bond donors (Lipinski definition) is 2. The van der Waals surface area contributed by atoms with E-state index in [4.69, 9.17) is 0 Å². The number of aryl methyl sites for hydroxylation is 1. The molecule has 8 heteroatoms. The molecular weight excluding hydrogens is 330 g/mol. The molecule has 0 aromatic carbocycles. The molecule has 2 fully saturated rings. The number of rotatable bonds is 5. The van der Waals surface area contributed by atoms with Crippen LogP contribution in [0.25, 0.3) is 5.52 Å². The Morgan fingerprint density at radius 2 is 2.15 bits per heavy atom. The van der Waals surface area contributed by atoms with Crippen LogP contribution in [0.15, 0.2) is 24.8 Å². The predicted molar refractivity (Wildman–Crippen MR) is 95.9 cm³/mol. The molecule has 3 heterocycles. The maximum atomic E-state index is 10.5. The van der Waals surface area contributed by atoms with Gasteiger partial charge in [-0.3, -0.25) is 0 Å². The van der Waals surface area contributed by atoms with Gasteiger partial charge in [-0.25, -0.2) is 9.50 Å². The van der Waals surface area contributed by atoms with Gasteiger partial charge in [0, 0.05) is 43.7 Å². The third-order valence-corrected chi connectivity index (χ3v) is 5.71. The third-order valence-electron chi connectivity index (χ3n) is 5.71. The smallest absolute Gasteiger partial charge is 0.152 e. The van der Waals surface area contributed by atoms with Crippen molar-refractivity contribution in [3.8, 4) is 0 Å². The van der Waals surface area contributed by atoms with E-state index in [9.17, 15) is 5.11 Å². The highest BCUT2D eigenvalue weighted by molar-refractivity contribution is 5.68. The van der Waals surface area contributed by atoms with E-state index < -0.39 is 0 Å². The zero-order valence-electron chi connectivity index (χ0n) is 14.8. The fraction of sp³-hybridized carbons (Fsp3) is 0.556. The Kier molecular flexibility index (Phi) is 3.66. The van der Waals surface area contributed by atoms with Crippen LogP contribution in [-0.2, 0) is 7.05 Å². The molecule has 2 aliphatic carbocycles. The molecule has 0 saturated heterocycles. The van der Waals surface area contributed by atoms with Gasteiger partial charge in [0.05, 0.1) is 11.8 Å². The summed E-state index contributed by atoms with van der Waals surface area (Å²) >= 11 is 0. The Morgan fingerprint density at radius 1 is 1.27 bits per heavy atom. The molecule has 8 nitrogen and oxygen atoms in total. The molecule has 0 radical (unpaired) electrons. The van der Waals surface area contributed by atoms with Crippen LogP contribution in [0.3, 0.4) is 0 Å². The highest BCUT2D eigenvalue weighted by Crippen LogP contribution is 2.40. The summed E-state index contributed by atoms with van der Waals surface area (Å²) in [7, 11) is 1.95. The molecule has 5 rings (SSSR count). The fourth-order valence-electron chi connectivity index (χ4n) is 4.08. The van der Waals surface area contributed by atoms with Gasteiger partial charge in [0.15, 0.2) is 5.82 Å². The zero-order chi connectivity index (χ0) is 17.7. The average molecular weight is 353 g/mol. The molecule has 2 saturated carbocycles. The lowest BCUT2D eigenvalue weighted by Gasteiger charge is -2.15. The summed E-state index contributed by atoms with van der Waals surface area (Å²) in [5.41, 5.74) is 2.16. The molecule has 0 amide bonds. The third kappa shape index (κ3) is 2.74. The number of nitrogens with zero attached hydrogens (tertiary/aromatic N) is 6. The lowest BCUT2D eigenvalue weighted by atomic mass is 10.0. The summed E-state index contributed by atoms with van der Waals surface area (Å²) in [6.45, 7) is 0.687. The molecule has 3 aromatic rings. The zero-order valence-corrected chi connectivity index (χ0v) is 14.8. The highest BCUT2D eigenvalue weighted by atomic mass is 16.3. The van der Waals surface area contributed by atoms with E-state index in [1.54, 1.807) is 12.5 Å². The van der Waals surface area contributed by atoms with Crippen LogP contribution in [-0.4, -0.2) is 47.1 Å². The fourth-order valence-corrected chi connectivity index (χ4v) is 4.08. The Bertz CT molecular complexity index is 929. The summed E-state index contributed by atoms with van der Waals surface area (Å²) in [6, 6.07) is 2.14. The molecule has 2 N–H and O–H groups in total. The number of aromatic nitrogens is 6. The Morgan fingerprint density at radius 3 is 2.92 bits per heavy atom. The Hall–Kier alpha value is -2.48. The predicted octanol–water partition coefficient (Wildman–Crippen LogP) is 1.70. The van der Waals surface area contributed by atoms with E-state index in [1.165, 1.54) is 12.8 Å². The van der Waals surface area contributed by atoms with Gasteiger partial charge in [-0.05, 0) is 31.7 Å². The minimum atomic E-state index is -0.337. The number of aliphatic hydroxyl groups excluding tert-OH is 1. The van der Waals surface area contributed by atoms with Crippen molar-refractivity contribution >= 4 is 11.3 Å². The minimum absolute atomic E-state index is 0.171. The van der Waals surface area contributed by atoms with E-state index >= 15 is 0 Å². The van der Waals surface area contributed by atoms with E-state index in [0.717, 1.165) is 35.7 Å². The number of aliphatic hydroxyl groups is 1. The van der Waals surface area contributed by atoms with Gasteiger partial charge in [-0.1, -0.05) is 0 Å². The van der Waals surface area contributed by atoms with Crippen molar-refractivity contribution < 1.29 is 5.11 Å². The maximum Gasteiger partial charge on any atom is 0.152 e. The van der Waals surface area contributed by atoms with Crippen LogP contribution < -0.4 is 5.32 Å². The molecule has 136 valence electrons. The van der Waals surface area contributed by atoms with Crippen LogP contribution in [0.5, 0.6) is 0 Å². The molecule has 26 heavy (non-hydrogen) atoms. The van der Waals surface area contributed by atoms with Crippen LogP contribution in [0.1, 0.15) is 49.0 Å². The number of hydrogen-bond acceptors (Lipinski definition) is 6. The van der Waals surface area contributed by atoms with E-state index in [2.05, 4.69) is 31.7 Å². The van der Waals surface area contributed by atoms with Gasteiger partial charge >= 0.3 is 0 Å². The SMILES string of the molecule is Cn1cnnc1[C@H]1C[C@H](CNc2nccn3nc(C4CC4)cc23)[C@H](O)C1. The standard InChI is InChI=1S/C18H23N7O/c1-24-10-21-22-18(24)12-6-13(16(26)7-12)9-20-17-15-8-14(11-2-3-11)23-25(15)5-4-19-17/h4-5,8,10-13,16,26H,2-3,6-7,9H2,1H3,(H,19,20)/t12-,13+,16+/m0/s1. The molecule has 0 aliphatic heterocycles. The van der Waals surface area contributed by atoms with E-state index in [0.29, 0.717) is 12.5 Å². The Labute approximate surface area is 151 Å². The van der Waals surface area contributed by atoms with Crippen LogP contribution in [0, 0.1) is 5.92 Å². The van der Waals surface area contributed by atoms with Crippen LogP contribution >= 0.6 is 0 Å². The normalized spacial score (nSPS) is 25.8. The van der Waals surface area contributed by atoms with Crippen LogP contribution in [0.4, 0.5) is 5.82 Å². The first-order chi connectivity index (χ1) is 12.7. The minimum Gasteiger partial charge on any atom is -0.393 e. The van der Waals surface area contributed by atoms with Gasteiger partial charge in [0.2, 0.25) is 0 Å². The molecule has 3 aromatic heterocycles. The van der Waals surface area contributed by atoms with Crippen molar-refractivity contribution in [1.82, 2.24) is 29.4 Å². The largest absolute Gasteiger partial charge is 0.393 e. The van der Waals surface area contributed by atoms with Gasteiger partial charge in [-0.2, -0.15) is 5.10 Å². The molecule has 0 bridgehead atoms. The van der Waals surface area contributed by atoms with Crippen molar-refractivity contribution in [3.05, 3.63) is 36.3 Å². The topological polar surface area (TPSA) is 93.2 Å². The molecule has 3 atom stereocenters. The molecule has 0 spiro atoms. The monoisotopic (exact) mass is 353 g/mol. The maximum absolute atomic E-state index is 10.5. The van der Waals surface area contributed by atoms with Crippen molar-refractivity contribution in [1.29, 1.82) is 0 Å². The second-order valence-corrected chi connectivity index (χ2v) is 7.63. The second kappa shape index (κ2) is 6.05. The van der Waals surface area contributed by atoms with Crippen molar-refractivity contribution in [2.45, 2.75) is 43.6 Å².